The monoisotopic (exact) mass is 372 g/mol. The minimum atomic E-state index is 0.193. The molecule has 0 saturated heterocycles. The van der Waals surface area contributed by atoms with Crippen LogP contribution in [-0.2, 0) is 0 Å². The summed E-state index contributed by atoms with van der Waals surface area (Å²) in [5.41, 5.74) is 5.75. The number of hydrogen-bond donors (Lipinski definition) is 0. The van der Waals surface area contributed by atoms with Gasteiger partial charge in [-0.2, -0.15) is 0 Å². The number of anilines is 1. The van der Waals surface area contributed by atoms with Crippen molar-refractivity contribution in [2.75, 3.05) is 19.0 Å². The van der Waals surface area contributed by atoms with Crippen molar-refractivity contribution in [2.45, 2.75) is 12.5 Å². The Bertz CT molecular complexity index is 1120. The van der Waals surface area contributed by atoms with E-state index in [0.29, 0.717) is 0 Å². The zero-order chi connectivity index (χ0) is 18.4. The third-order valence-corrected chi connectivity index (χ3v) is 6.03. The van der Waals surface area contributed by atoms with Gasteiger partial charge in [-0.05, 0) is 41.3 Å². The summed E-state index contributed by atoms with van der Waals surface area (Å²) < 4.78 is 2.29. The van der Waals surface area contributed by atoms with E-state index in [4.69, 9.17) is 9.98 Å². The van der Waals surface area contributed by atoms with Gasteiger partial charge in [0, 0.05) is 31.1 Å². The highest BCUT2D eigenvalue weighted by molar-refractivity contribution is 7.12. The Hall–Kier alpha value is -2.92. The van der Waals surface area contributed by atoms with Gasteiger partial charge < -0.3 is 9.47 Å². The van der Waals surface area contributed by atoms with Crippen molar-refractivity contribution < 1.29 is 0 Å². The number of imidazole rings is 1. The van der Waals surface area contributed by atoms with Crippen LogP contribution in [0.25, 0.3) is 11.0 Å². The van der Waals surface area contributed by atoms with Crippen LogP contribution in [0, 0.1) is 0 Å². The van der Waals surface area contributed by atoms with E-state index in [2.05, 4.69) is 83.5 Å². The molecule has 0 N–H and O–H groups in total. The van der Waals surface area contributed by atoms with E-state index in [-0.39, 0.29) is 6.04 Å². The van der Waals surface area contributed by atoms with Crippen LogP contribution in [0.3, 0.4) is 0 Å². The summed E-state index contributed by atoms with van der Waals surface area (Å²) in [5.74, 6) is 0.799. The molecule has 0 radical (unpaired) electrons. The fourth-order valence-electron chi connectivity index (χ4n) is 3.72. The van der Waals surface area contributed by atoms with Gasteiger partial charge in [0.2, 0.25) is 5.95 Å². The third-order valence-electron chi connectivity index (χ3n) is 5.11. The molecule has 0 spiro atoms. The number of para-hydroxylation sites is 2. The van der Waals surface area contributed by atoms with Crippen LogP contribution >= 0.6 is 11.3 Å². The molecule has 2 aromatic heterocycles. The Kier molecular flexibility index (Phi) is 3.83. The fourth-order valence-corrected chi connectivity index (χ4v) is 4.44. The number of nitrogens with zero attached hydrogens (tertiary/aromatic N) is 4. The van der Waals surface area contributed by atoms with Gasteiger partial charge in [0.05, 0.1) is 22.8 Å². The molecular weight excluding hydrogens is 352 g/mol. The van der Waals surface area contributed by atoms with Gasteiger partial charge in [-0.3, -0.25) is 0 Å². The van der Waals surface area contributed by atoms with Gasteiger partial charge in [-0.1, -0.05) is 30.3 Å². The van der Waals surface area contributed by atoms with Gasteiger partial charge in [-0.25, -0.2) is 9.98 Å². The van der Waals surface area contributed by atoms with Gasteiger partial charge in [0.25, 0.3) is 0 Å². The Labute approximate surface area is 162 Å². The summed E-state index contributed by atoms with van der Waals surface area (Å²) in [7, 11) is 4.14. The number of aromatic nitrogens is 2. The van der Waals surface area contributed by atoms with E-state index in [1.807, 2.05) is 6.07 Å². The molecule has 2 aromatic carbocycles. The number of rotatable bonds is 3. The van der Waals surface area contributed by atoms with Crippen LogP contribution in [0.1, 0.15) is 22.9 Å². The second-order valence-corrected chi connectivity index (χ2v) is 7.96. The van der Waals surface area contributed by atoms with Gasteiger partial charge >= 0.3 is 0 Å². The molecule has 5 rings (SSSR count). The highest BCUT2D eigenvalue weighted by Crippen LogP contribution is 2.38. The van der Waals surface area contributed by atoms with Crippen LogP contribution in [-0.4, -0.2) is 29.4 Å². The van der Waals surface area contributed by atoms with Crippen molar-refractivity contribution in [2.24, 2.45) is 4.99 Å². The SMILES string of the molecule is CN(C)c1ccc(C2CC(c3cccs3)=Nc3nc4ccccc4n32)cc1. The maximum absolute atomic E-state index is 4.92. The summed E-state index contributed by atoms with van der Waals surface area (Å²) >= 11 is 1.74. The lowest BCUT2D eigenvalue weighted by molar-refractivity contribution is 0.612. The predicted molar refractivity (Wildman–Crippen MR) is 114 cm³/mol. The van der Waals surface area contributed by atoms with Crippen molar-refractivity contribution in [1.29, 1.82) is 0 Å². The van der Waals surface area contributed by atoms with Crippen LogP contribution in [0.4, 0.5) is 11.6 Å². The quantitative estimate of drug-likeness (QED) is 0.490. The second-order valence-electron chi connectivity index (χ2n) is 7.01. The average Bonchev–Trinajstić information content (AvgIpc) is 3.35. The predicted octanol–water partition coefficient (Wildman–Crippen LogP) is 5.28. The normalized spacial score (nSPS) is 16.2. The van der Waals surface area contributed by atoms with Gasteiger partial charge in [-0.15, -0.1) is 11.3 Å². The van der Waals surface area contributed by atoms with Crippen LogP contribution < -0.4 is 4.90 Å². The molecule has 1 aliphatic heterocycles. The number of aliphatic imine (C=N–C) groups is 1. The molecule has 4 aromatic rings. The number of benzene rings is 2. The molecule has 0 aliphatic carbocycles. The molecule has 27 heavy (non-hydrogen) atoms. The first-order valence-electron chi connectivity index (χ1n) is 9.06. The highest BCUT2D eigenvalue weighted by Gasteiger charge is 2.27. The molecule has 0 fully saturated rings. The van der Waals surface area contributed by atoms with E-state index < -0.39 is 0 Å². The summed E-state index contributed by atoms with van der Waals surface area (Å²) in [5, 5.41) is 2.11. The zero-order valence-electron chi connectivity index (χ0n) is 15.3. The van der Waals surface area contributed by atoms with Crippen molar-refractivity contribution in [1.82, 2.24) is 9.55 Å². The third kappa shape index (κ3) is 2.75. The largest absolute Gasteiger partial charge is 0.378 e. The number of thiophene rings is 1. The van der Waals surface area contributed by atoms with Gasteiger partial charge in [0.15, 0.2) is 0 Å². The first-order valence-corrected chi connectivity index (χ1v) is 9.94. The molecule has 1 unspecified atom stereocenters. The first-order chi connectivity index (χ1) is 13.2. The Morgan fingerprint density at radius 2 is 1.81 bits per heavy atom. The zero-order valence-corrected chi connectivity index (χ0v) is 16.1. The van der Waals surface area contributed by atoms with Crippen molar-refractivity contribution in [3.8, 4) is 0 Å². The lowest BCUT2D eigenvalue weighted by atomic mass is 9.98. The highest BCUT2D eigenvalue weighted by atomic mass is 32.1. The average molecular weight is 372 g/mol. The lowest BCUT2D eigenvalue weighted by Crippen LogP contribution is -2.20. The number of hydrogen-bond acceptors (Lipinski definition) is 4. The fraction of sp³-hybridized carbons (Fsp3) is 0.182. The van der Waals surface area contributed by atoms with Crippen LogP contribution in [0.2, 0.25) is 0 Å². The second kappa shape index (κ2) is 6.35. The topological polar surface area (TPSA) is 33.4 Å². The molecule has 3 heterocycles. The van der Waals surface area contributed by atoms with Crippen LogP contribution in [0.5, 0.6) is 0 Å². The van der Waals surface area contributed by atoms with Gasteiger partial charge in [0.1, 0.15) is 0 Å². The minimum Gasteiger partial charge on any atom is -0.378 e. The lowest BCUT2D eigenvalue weighted by Gasteiger charge is -2.26. The molecule has 1 atom stereocenters. The molecular formula is C22H20N4S. The standard InChI is InChI=1S/C22H20N4S/c1-25(2)16-11-9-15(10-12-16)20-14-18(21-8-5-13-27-21)24-22-23-17-6-3-4-7-19(17)26(20)22/h3-13,20H,14H2,1-2H3. The molecule has 0 amide bonds. The van der Waals surface area contributed by atoms with E-state index >= 15 is 0 Å². The van der Waals surface area contributed by atoms with E-state index in [1.54, 1.807) is 11.3 Å². The number of fused-ring (bicyclic) bond motifs is 3. The van der Waals surface area contributed by atoms with Crippen molar-refractivity contribution in [3.05, 3.63) is 76.5 Å². The molecule has 4 nitrogen and oxygen atoms in total. The Morgan fingerprint density at radius 3 is 2.56 bits per heavy atom. The summed E-state index contributed by atoms with van der Waals surface area (Å²) in [6.45, 7) is 0. The maximum Gasteiger partial charge on any atom is 0.231 e. The summed E-state index contributed by atoms with van der Waals surface area (Å²) in [6.07, 6.45) is 0.870. The molecule has 5 heteroatoms. The summed E-state index contributed by atoms with van der Waals surface area (Å²) in [4.78, 5) is 13.1. The van der Waals surface area contributed by atoms with E-state index in [0.717, 1.165) is 29.1 Å². The Morgan fingerprint density at radius 1 is 1.00 bits per heavy atom. The van der Waals surface area contributed by atoms with Crippen LogP contribution in [0.15, 0.2) is 71.0 Å². The Balaban J connectivity index is 1.68. The van der Waals surface area contributed by atoms with E-state index in [9.17, 15) is 0 Å². The minimum absolute atomic E-state index is 0.193. The smallest absolute Gasteiger partial charge is 0.231 e. The first kappa shape index (κ1) is 16.3. The molecule has 0 saturated carbocycles. The maximum atomic E-state index is 4.92. The summed E-state index contributed by atoms with van der Waals surface area (Å²) in [6, 6.07) is 21.6. The molecule has 1 aliphatic rings. The van der Waals surface area contributed by atoms with Crippen molar-refractivity contribution in [3.63, 3.8) is 0 Å². The molecule has 134 valence electrons. The van der Waals surface area contributed by atoms with Crippen molar-refractivity contribution >= 4 is 39.7 Å². The molecule has 0 bridgehead atoms. The van der Waals surface area contributed by atoms with E-state index in [1.165, 1.54) is 16.1 Å².